The van der Waals surface area contributed by atoms with Gasteiger partial charge in [0.25, 0.3) is 0 Å². The van der Waals surface area contributed by atoms with Gasteiger partial charge in [-0.15, -0.1) is 0 Å². The molecule has 0 amide bonds. The third kappa shape index (κ3) is 4.22. The first-order valence-electron chi connectivity index (χ1n) is 5.36. The van der Waals surface area contributed by atoms with Gasteiger partial charge in [-0.2, -0.15) is 0 Å². The molecule has 0 atom stereocenters. The molecule has 0 aliphatic heterocycles. The highest BCUT2D eigenvalue weighted by Gasteiger charge is 2.02. The van der Waals surface area contributed by atoms with Gasteiger partial charge in [-0.05, 0) is 34.0 Å². The smallest absolute Gasteiger partial charge is 0.0728 e. The van der Waals surface area contributed by atoms with Crippen molar-refractivity contribution < 1.29 is 4.74 Å². The Hall–Kier alpha value is -0.540. The van der Waals surface area contributed by atoms with Crippen LogP contribution in [0.5, 0.6) is 0 Å². The molecule has 2 N–H and O–H groups in total. The van der Waals surface area contributed by atoms with Crippen LogP contribution in [-0.2, 0) is 11.3 Å². The van der Waals surface area contributed by atoms with Crippen LogP contribution >= 0.6 is 15.9 Å². The fraction of sp³-hybridized carbons (Fsp3) is 0.500. The van der Waals surface area contributed by atoms with E-state index in [-0.39, 0.29) is 0 Å². The fourth-order valence-corrected chi connectivity index (χ4v) is 1.73. The summed E-state index contributed by atoms with van der Waals surface area (Å²) in [6.07, 6.45) is 3.60. The van der Waals surface area contributed by atoms with E-state index in [4.69, 9.17) is 10.5 Å². The molecule has 0 aliphatic carbocycles. The summed E-state index contributed by atoms with van der Waals surface area (Å²) in [5, 5.41) is 0. The van der Waals surface area contributed by atoms with Crippen LogP contribution in [0, 0.1) is 0 Å². The highest BCUT2D eigenvalue weighted by Crippen LogP contribution is 2.24. The predicted octanol–water partition coefficient (Wildman–Crippen LogP) is 3.74. The largest absolute Gasteiger partial charge is 0.398 e. The Labute approximate surface area is 99.9 Å². The monoisotopic (exact) mass is 271 g/mol. The molecule has 3 heteroatoms. The standard InChI is InChI=1S/C12H18BrNO/c1-2-3-4-8-15-9-10-6-5-7-11(14)12(10)13/h5-7H,2-4,8-9,14H2,1H3. The van der Waals surface area contributed by atoms with Crippen LogP contribution in [0.3, 0.4) is 0 Å². The molecular weight excluding hydrogens is 254 g/mol. The van der Waals surface area contributed by atoms with Crippen molar-refractivity contribution in [3.05, 3.63) is 28.2 Å². The van der Waals surface area contributed by atoms with Crippen molar-refractivity contribution >= 4 is 21.6 Å². The molecule has 2 nitrogen and oxygen atoms in total. The summed E-state index contributed by atoms with van der Waals surface area (Å²) < 4.78 is 6.53. The molecule has 0 saturated heterocycles. The van der Waals surface area contributed by atoms with Crippen molar-refractivity contribution in [2.45, 2.75) is 32.8 Å². The minimum absolute atomic E-state index is 0.634. The van der Waals surface area contributed by atoms with Gasteiger partial charge in [0.2, 0.25) is 0 Å². The Balaban J connectivity index is 2.34. The van der Waals surface area contributed by atoms with Crippen molar-refractivity contribution in [2.24, 2.45) is 0 Å². The van der Waals surface area contributed by atoms with E-state index in [1.54, 1.807) is 0 Å². The molecule has 0 fully saturated rings. The number of rotatable bonds is 6. The van der Waals surface area contributed by atoms with Crippen molar-refractivity contribution in [3.8, 4) is 0 Å². The molecule has 0 heterocycles. The van der Waals surface area contributed by atoms with E-state index in [0.29, 0.717) is 6.61 Å². The Morgan fingerprint density at radius 1 is 1.33 bits per heavy atom. The van der Waals surface area contributed by atoms with Crippen LogP contribution in [-0.4, -0.2) is 6.61 Å². The second-order valence-corrected chi connectivity index (χ2v) is 4.37. The zero-order chi connectivity index (χ0) is 11.1. The lowest BCUT2D eigenvalue weighted by molar-refractivity contribution is 0.116. The van der Waals surface area contributed by atoms with Crippen molar-refractivity contribution in [1.29, 1.82) is 0 Å². The van der Waals surface area contributed by atoms with E-state index in [9.17, 15) is 0 Å². The lowest BCUT2D eigenvalue weighted by Gasteiger charge is -2.07. The molecule has 0 bridgehead atoms. The number of anilines is 1. The van der Waals surface area contributed by atoms with Gasteiger partial charge in [-0.3, -0.25) is 0 Å². The summed E-state index contributed by atoms with van der Waals surface area (Å²) in [5.41, 5.74) is 7.66. The molecule has 0 spiro atoms. The number of benzene rings is 1. The van der Waals surface area contributed by atoms with E-state index in [0.717, 1.165) is 28.8 Å². The molecule has 0 radical (unpaired) electrons. The fourth-order valence-electron chi connectivity index (χ4n) is 1.35. The lowest BCUT2D eigenvalue weighted by Crippen LogP contribution is -1.98. The first-order valence-corrected chi connectivity index (χ1v) is 6.15. The zero-order valence-electron chi connectivity index (χ0n) is 9.13. The summed E-state index contributed by atoms with van der Waals surface area (Å²) in [6.45, 7) is 3.65. The second-order valence-electron chi connectivity index (χ2n) is 3.58. The highest BCUT2D eigenvalue weighted by molar-refractivity contribution is 9.10. The molecule has 0 saturated carbocycles. The Bertz CT molecular complexity index is 302. The summed E-state index contributed by atoms with van der Waals surface area (Å²) in [5.74, 6) is 0. The minimum Gasteiger partial charge on any atom is -0.398 e. The third-order valence-electron chi connectivity index (χ3n) is 2.26. The van der Waals surface area contributed by atoms with Crippen molar-refractivity contribution in [2.75, 3.05) is 12.3 Å². The van der Waals surface area contributed by atoms with Crippen LogP contribution < -0.4 is 5.73 Å². The van der Waals surface area contributed by atoms with Gasteiger partial charge >= 0.3 is 0 Å². The average molecular weight is 272 g/mol. The van der Waals surface area contributed by atoms with Gasteiger partial charge in [0.15, 0.2) is 0 Å². The van der Waals surface area contributed by atoms with E-state index in [1.165, 1.54) is 12.8 Å². The number of hydrogen-bond donors (Lipinski definition) is 1. The van der Waals surface area contributed by atoms with Crippen LogP contribution in [0.25, 0.3) is 0 Å². The van der Waals surface area contributed by atoms with E-state index in [2.05, 4.69) is 22.9 Å². The Morgan fingerprint density at radius 3 is 2.87 bits per heavy atom. The number of ether oxygens (including phenoxy) is 1. The first kappa shape index (κ1) is 12.5. The Morgan fingerprint density at radius 2 is 2.13 bits per heavy atom. The molecule has 84 valence electrons. The van der Waals surface area contributed by atoms with E-state index >= 15 is 0 Å². The van der Waals surface area contributed by atoms with Gasteiger partial charge < -0.3 is 10.5 Å². The normalized spacial score (nSPS) is 10.5. The van der Waals surface area contributed by atoms with E-state index < -0.39 is 0 Å². The van der Waals surface area contributed by atoms with Gasteiger partial charge in [0, 0.05) is 16.8 Å². The summed E-state index contributed by atoms with van der Waals surface area (Å²) in [4.78, 5) is 0. The van der Waals surface area contributed by atoms with Gasteiger partial charge in [-0.1, -0.05) is 31.9 Å². The van der Waals surface area contributed by atoms with Crippen LogP contribution in [0.2, 0.25) is 0 Å². The van der Waals surface area contributed by atoms with Crippen LogP contribution in [0.15, 0.2) is 22.7 Å². The predicted molar refractivity (Wildman–Crippen MR) is 67.7 cm³/mol. The van der Waals surface area contributed by atoms with Crippen LogP contribution in [0.4, 0.5) is 5.69 Å². The number of unbranched alkanes of at least 4 members (excludes halogenated alkanes) is 2. The minimum atomic E-state index is 0.634. The maximum absolute atomic E-state index is 5.77. The molecule has 1 aromatic carbocycles. The van der Waals surface area contributed by atoms with Gasteiger partial charge in [0.1, 0.15) is 0 Å². The van der Waals surface area contributed by atoms with Crippen molar-refractivity contribution in [3.63, 3.8) is 0 Å². The lowest BCUT2D eigenvalue weighted by atomic mass is 10.2. The number of halogens is 1. The molecule has 1 aromatic rings. The molecular formula is C12H18BrNO. The average Bonchev–Trinajstić information content (AvgIpc) is 2.24. The molecule has 15 heavy (non-hydrogen) atoms. The molecule has 0 aromatic heterocycles. The number of nitrogens with two attached hydrogens (primary N) is 1. The Kier molecular flexibility index (Phi) is 5.73. The summed E-state index contributed by atoms with van der Waals surface area (Å²) >= 11 is 3.46. The maximum Gasteiger partial charge on any atom is 0.0728 e. The molecule has 0 unspecified atom stereocenters. The third-order valence-corrected chi connectivity index (χ3v) is 3.23. The second kappa shape index (κ2) is 6.85. The zero-order valence-corrected chi connectivity index (χ0v) is 10.7. The quantitative estimate of drug-likeness (QED) is 0.632. The topological polar surface area (TPSA) is 35.2 Å². The van der Waals surface area contributed by atoms with E-state index in [1.807, 2.05) is 18.2 Å². The maximum atomic E-state index is 5.77. The number of nitrogen functional groups attached to an aromatic ring is 1. The number of hydrogen-bond acceptors (Lipinski definition) is 2. The van der Waals surface area contributed by atoms with Crippen molar-refractivity contribution in [1.82, 2.24) is 0 Å². The summed E-state index contributed by atoms with van der Waals surface area (Å²) in [6, 6.07) is 5.86. The highest BCUT2D eigenvalue weighted by atomic mass is 79.9. The first-order chi connectivity index (χ1) is 7.25. The van der Waals surface area contributed by atoms with Crippen LogP contribution in [0.1, 0.15) is 31.7 Å². The SMILES string of the molecule is CCCCCOCc1cccc(N)c1Br. The van der Waals surface area contributed by atoms with Gasteiger partial charge in [-0.25, -0.2) is 0 Å². The molecule has 1 rings (SSSR count). The van der Waals surface area contributed by atoms with Gasteiger partial charge in [0.05, 0.1) is 6.61 Å². The molecule has 0 aliphatic rings. The summed E-state index contributed by atoms with van der Waals surface area (Å²) in [7, 11) is 0.